The molecule has 5 nitrogen and oxygen atoms in total. The van der Waals surface area contributed by atoms with Crippen molar-refractivity contribution in [1.82, 2.24) is 0 Å². The van der Waals surface area contributed by atoms with E-state index in [1.54, 1.807) is 72.8 Å². The van der Waals surface area contributed by atoms with E-state index < -0.39 is 16.9 Å². The Labute approximate surface area is 179 Å². The van der Waals surface area contributed by atoms with E-state index in [2.05, 4.69) is 6.55 Å². The van der Waals surface area contributed by atoms with Gasteiger partial charge in [0.05, 0.1) is 0 Å². The Morgan fingerprint density at radius 2 is 1.10 bits per heavy atom. The fourth-order valence-corrected chi connectivity index (χ4v) is 5.64. The highest BCUT2D eigenvalue weighted by Gasteiger charge is 2.33. The molecular formula is C23H27O5PSi. The van der Waals surface area contributed by atoms with Gasteiger partial charge in [-0.15, -0.1) is 0 Å². The van der Waals surface area contributed by atoms with Crippen LogP contribution >= 0.6 is 7.82 Å². The van der Waals surface area contributed by atoms with Gasteiger partial charge in [0.25, 0.3) is 0 Å². The molecule has 4 rings (SSSR count). The third kappa shape index (κ3) is 7.71. The zero-order chi connectivity index (χ0) is 21.1. The van der Waals surface area contributed by atoms with Gasteiger partial charge in [-0.1, -0.05) is 61.0 Å². The minimum absolute atomic E-state index is 0.405. The molecule has 1 fully saturated rings. The smallest absolute Gasteiger partial charge is 0.420 e. The van der Waals surface area contributed by atoms with Crippen molar-refractivity contribution in [2.45, 2.75) is 25.4 Å². The van der Waals surface area contributed by atoms with E-state index >= 15 is 0 Å². The molecule has 0 N–H and O–H groups in total. The number of rotatable bonds is 6. The molecule has 0 bridgehead atoms. The summed E-state index contributed by atoms with van der Waals surface area (Å²) in [7, 11) is -4.48. The van der Waals surface area contributed by atoms with Crippen LogP contribution in [-0.2, 0) is 8.99 Å². The summed E-state index contributed by atoms with van der Waals surface area (Å²) in [5.41, 5.74) is 0. The summed E-state index contributed by atoms with van der Waals surface area (Å²) in [5, 5.41) is 0. The summed E-state index contributed by atoms with van der Waals surface area (Å²) >= 11 is 0. The molecule has 3 aromatic rings. The van der Waals surface area contributed by atoms with Gasteiger partial charge in [0, 0.05) is 6.61 Å². The number of benzene rings is 3. The third-order valence-electron chi connectivity index (χ3n) is 4.29. The highest BCUT2D eigenvalue weighted by atomic mass is 31.2. The lowest BCUT2D eigenvalue weighted by atomic mass is 10.3. The van der Waals surface area contributed by atoms with E-state index in [0.717, 1.165) is 6.61 Å². The van der Waals surface area contributed by atoms with Gasteiger partial charge in [0.2, 0.25) is 0 Å². The molecule has 1 aliphatic rings. The summed E-state index contributed by atoms with van der Waals surface area (Å²) in [6, 6.07) is 27.8. The second-order valence-electron chi connectivity index (χ2n) is 6.84. The fraction of sp³-hybridized carbons (Fsp3) is 0.217. The zero-order valence-electron chi connectivity index (χ0n) is 17.1. The van der Waals surface area contributed by atoms with E-state index in [1.165, 1.54) is 18.9 Å². The monoisotopic (exact) mass is 442 g/mol. The number of hydrogen-bond acceptors (Lipinski definition) is 5. The second kappa shape index (κ2) is 11.6. The number of para-hydroxylation sites is 3. The molecule has 1 heterocycles. The molecule has 1 unspecified atom stereocenters. The van der Waals surface area contributed by atoms with Gasteiger partial charge in [-0.3, -0.25) is 0 Å². The maximum absolute atomic E-state index is 13.1. The standard InChI is InChI=1S/C18H15O4P.C5H12OSi/c19-23(20-16-10-4-1-5-11-16,21-17-12-6-2-7-13-17)22-18-14-8-3-9-15-18;1-7-5-3-2-4-6-7/h1-15H;7H,2-5H2,1H3. The highest BCUT2D eigenvalue weighted by Crippen LogP contribution is 2.49. The molecule has 3 aromatic carbocycles. The normalized spacial score (nSPS) is 16.0. The van der Waals surface area contributed by atoms with Crippen LogP contribution in [0, 0.1) is 0 Å². The third-order valence-corrected chi connectivity index (χ3v) is 7.62. The van der Waals surface area contributed by atoms with E-state index in [1.807, 2.05) is 18.2 Å². The predicted octanol–water partition coefficient (Wildman–Crippen LogP) is 6.48. The molecule has 0 radical (unpaired) electrons. The van der Waals surface area contributed by atoms with Crippen molar-refractivity contribution in [1.29, 1.82) is 0 Å². The molecule has 0 saturated carbocycles. The van der Waals surface area contributed by atoms with Crippen LogP contribution in [0.25, 0.3) is 0 Å². The SMILES string of the molecule is C[SiH]1CCCCO1.O=P(Oc1ccccc1)(Oc1ccccc1)Oc1ccccc1. The first-order valence-corrected chi connectivity index (χ1v) is 14.0. The van der Waals surface area contributed by atoms with Crippen molar-refractivity contribution in [3.8, 4) is 17.2 Å². The van der Waals surface area contributed by atoms with E-state index in [0.29, 0.717) is 17.2 Å². The summed E-state index contributed by atoms with van der Waals surface area (Å²) < 4.78 is 35.0. The van der Waals surface area contributed by atoms with Gasteiger partial charge in [0.15, 0.2) is 9.04 Å². The topological polar surface area (TPSA) is 54.0 Å². The van der Waals surface area contributed by atoms with Gasteiger partial charge in [-0.05, 0) is 55.4 Å². The molecule has 1 aliphatic heterocycles. The summed E-state index contributed by atoms with van der Waals surface area (Å²) in [6.07, 6.45) is 2.73. The van der Waals surface area contributed by atoms with Crippen LogP contribution in [0.3, 0.4) is 0 Å². The van der Waals surface area contributed by atoms with E-state index in [4.69, 9.17) is 18.0 Å². The lowest BCUT2D eigenvalue weighted by molar-refractivity contribution is 0.291. The summed E-state index contributed by atoms with van der Waals surface area (Å²) in [6.45, 7) is 3.33. The Morgan fingerprint density at radius 1 is 0.700 bits per heavy atom. The van der Waals surface area contributed by atoms with Crippen molar-refractivity contribution < 1.29 is 22.6 Å². The number of hydrogen-bond donors (Lipinski definition) is 0. The Balaban J connectivity index is 0.000000310. The summed E-state index contributed by atoms with van der Waals surface area (Å²) in [4.78, 5) is 0. The van der Waals surface area contributed by atoms with Crippen LogP contribution in [0.1, 0.15) is 12.8 Å². The molecule has 1 atom stereocenters. The van der Waals surface area contributed by atoms with Gasteiger partial charge < -0.3 is 18.0 Å². The van der Waals surface area contributed by atoms with Crippen molar-refractivity contribution in [2.24, 2.45) is 0 Å². The molecule has 7 heteroatoms. The number of phosphoric ester groups is 1. The largest absolute Gasteiger partial charge is 0.647 e. The maximum atomic E-state index is 13.1. The molecule has 0 amide bonds. The van der Waals surface area contributed by atoms with Crippen LogP contribution in [0.4, 0.5) is 0 Å². The quantitative estimate of drug-likeness (QED) is 0.323. The first kappa shape index (κ1) is 22.2. The molecule has 0 aromatic heterocycles. The predicted molar refractivity (Wildman–Crippen MR) is 122 cm³/mol. The first-order chi connectivity index (χ1) is 14.6. The maximum Gasteiger partial charge on any atom is 0.647 e. The number of phosphoric acid groups is 1. The second-order valence-corrected chi connectivity index (χ2v) is 10.8. The zero-order valence-corrected chi connectivity index (χ0v) is 19.1. The van der Waals surface area contributed by atoms with Crippen LogP contribution in [0.5, 0.6) is 17.2 Å². The Hall–Kier alpha value is -2.53. The molecule has 0 aliphatic carbocycles. The van der Waals surface area contributed by atoms with Crippen molar-refractivity contribution in [3.05, 3.63) is 91.0 Å². The minimum Gasteiger partial charge on any atom is -0.420 e. The molecule has 30 heavy (non-hydrogen) atoms. The van der Waals surface area contributed by atoms with Gasteiger partial charge in [-0.25, -0.2) is 0 Å². The van der Waals surface area contributed by atoms with Crippen molar-refractivity contribution in [2.75, 3.05) is 6.61 Å². The average molecular weight is 443 g/mol. The molecular weight excluding hydrogens is 415 g/mol. The lowest BCUT2D eigenvalue weighted by Gasteiger charge is -2.19. The van der Waals surface area contributed by atoms with Crippen LogP contribution < -0.4 is 13.6 Å². The molecule has 1 saturated heterocycles. The van der Waals surface area contributed by atoms with Gasteiger partial charge >= 0.3 is 7.82 Å². The van der Waals surface area contributed by atoms with Crippen molar-refractivity contribution in [3.63, 3.8) is 0 Å². The molecule has 158 valence electrons. The average Bonchev–Trinajstić information content (AvgIpc) is 2.76. The minimum atomic E-state index is -3.89. The van der Waals surface area contributed by atoms with Gasteiger partial charge in [-0.2, -0.15) is 4.57 Å². The van der Waals surface area contributed by atoms with Gasteiger partial charge in [0.1, 0.15) is 17.2 Å². The Morgan fingerprint density at radius 3 is 1.37 bits per heavy atom. The van der Waals surface area contributed by atoms with E-state index in [9.17, 15) is 4.57 Å². The van der Waals surface area contributed by atoms with Crippen LogP contribution in [0.2, 0.25) is 12.6 Å². The van der Waals surface area contributed by atoms with Crippen LogP contribution in [0.15, 0.2) is 91.0 Å². The van der Waals surface area contributed by atoms with Crippen molar-refractivity contribution >= 4 is 16.9 Å². The summed E-state index contributed by atoms with van der Waals surface area (Å²) in [5.74, 6) is 1.22. The van der Waals surface area contributed by atoms with Crippen LogP contribution in [-0.4, -0.2) is 15.6 Å². The Kier molecular flexibility index (Phi) is 8.57. The lowest BCUT2D eigenvalue weighted by Crippen LogP contribution is -2.18. The fourth-order valence-electron chi connectivity index (χ4n) is 2.79. The highest BCUT2D eigenvalue weighted by molar-refractivity contribution is 7.49. The first-order valence-electron chi connectivity index (χ1n) is 10.1. The Bertz CT molecular complexity index is 794. The van der Waals surface area contributed by atoms with E-state index in [-0.39, 0.29) is 0 Å². The molecule has 0 spiro atoms.